The van der Waals surface area contributed by atoms with E-state index in [-0.39, 0.29) is 0 Å². The number of ether oxygens (including phenoxy) is 2. The average Bonchev–Trinajstić information content (AvgIpc) is 3.11. The fourth-order valence-corrected chi connectivity index (χ4v) is 3.75. The number of pyridine rings is 2. The van der Waals surface area contributed by atoms with Gasteiger partial charge in [-0.1, -0.05) is 19.2 Å². The smallest absolute Gasteiger partial charge is 0.198 e. The minimum atomic E-state index is 0.556. The van der Waals surface area contributed by atoms with Crippen LogP contribution in [0.3, 0.4) is 0 Å². The van der Waals surface area contributed by atoms with Crippen LogP contribution in [0.2, 0.25) is 0 Å². The molecule has 0 saturated heterocycles. The van der Waals surface area contributed by atoms with Crippen molar-refractivity contribution in [3.63, 3.8) is 0 Å². The number of anilines is 3. The second kappa shape index (κ2) is 5.23. The number of rotatable bonds is 2. The maximum Gasteiger partial charge on any atom is 0.198 e. The van der Waals surface area contributed by atoms with Gasteiger partial charge in [0.25, 0.3) is 0 Å². The molecule has 0 N–H and O–H groups in total. The Bertz CT molecular complexity index is 1310. The molecule has 0 spiro atoms. The zero-order valence-electron chi connectivity index (χ0n) is 14.7. The molecule has 2 aliphatic heterocycles. The summed E-state index contributed by atoms with van der Waals surface area (Å²) in [6, 6.07) is 9.35. The monoisotopic (exact) mass is 367 g/mol. The van der Waals surface area contributed by atoms with E-state index >= 15 is 0 Å². The first-order chi connectivity index (χ1) is 13.8. The Kier molecular flexibility index (Phi) is 2.81. The van der Waals surface area contributed by atoms with Crippen LogP contribution in [0.5, 0.6) is 23.0 Å². The molecular formula is C22H13N3O3. The molecule has 0 saturated carbocycles. The zero-order valence-corrected chi connectivity index (χ0v) is 14.7. The molecule has 0 atom stereocenters. The summed E-state index contributed by atoms with van der Waals surface area (Å²) in [4.78, 5) is 11.0. The normalized spacial score (nSPS) is 13.1. The van der Waals surface area contributed by atoms with Crippen LogP contribution in [0.1, 0.15) is 11.3 Å². The van der Waals surface area contributed by atoms with Crippen LogP contribution in [0.4, 0.5) is 17.3 Å². The van der Waals surface area contributed by atoms with Gasteiger partial charge in [-0.05, 0) is 36.4 Å². The van der Waals surface area contributed by atoms with Crippen molar-refractivity contribution >= 4 is 40.4 Å². The Morgan fingerprint density at radius 2 is 1.61 bits per heavy atom. The molecule has 6 heteroatoms. The standard InChI is InChI=1S/C22H13N3O3/c1-3-12-13-11-17-18-20(19(13)27-14(12)4-2)28-16-8-6-10-24-22(16)25(18)21-15(26-17)7-5-9-23-21/h3-11H,1-2H2. The van der Waals surface area contributed by atoms with Crippen molar-refractivity contribution in [1.82, 2.24) is 9.97 Å². The summed E-state index contributed by atoms with van der Waals surface area (Å²) in [6.45, 7) is 7.75. The quantitative estimate of drug-likeness (QED) is 0.364. The van der Waals surface area contributed by atoms with Gasteiger partial charge in [0, 0.05) is 23.3 Å². The van der Waals surface area contributed by atoms with Gasteiger partial charge in [-0.2, -0.15) is 0 Å². The predicted octanol–water partition coefficient (Wildman–Crippen LogP) is 6.19. The maximum atomic E-state index is 6.24. The number of fused-ring (bicyclic) bond motifs is 6. The molecule has 6 nitrogen and oxygen atoms in total. The lowest BCUT2D eigenvalue weighted by Crippen LogP contribution is -2.22. The molecule has 0 bridgehead atoms. The third-order valence-corrected chi connectivity index (χ3v) is 4.91. The van der Waals surface area contributed by atoms with Gasteiger partial charge in [0.05, 0.1) is 0 Å². The molecule has 134 valence electrons. The summed E-state index contributed by atoms with van der Waals surface area (Å²) >= 11 is 0. The molecule has 2 aliphatic rings. The van der Waals surface area contributed by atoms with Crippen molar-refractivity contribution in [2.24, 2.45) is 0 Å². The van der Waals surface area contributed by atoms with Crippen LogP contribution < -0.4 is 14.4 Å². The van der Waals surface area contributed by atoms with Crippen molar-refractivity contribution in [3.05, 3.63) is 67.2 Å². The van der Waals surface area contributed by atoms with E-state index in [1.54, 1.807) is 24.5 Å². The predicted molar refractivity (Wildman–Crippen MR) is 107 cm³/mol. The fourth-order valence-electron chi connectivity index (χ4n) is 3.75. The number of aromatic nitrogens is 2. The van der Waals surface area contributed by atoms with Gasteiger partial charge in [-0.15, -0.1) is 0 Å². The Hall–Kier alpha value is -4.06. The second-order valence-corrected chi connectivity index (χ2v) is 6.41. The third kappa shape index (κ3) is 1.76. The van der Waals surface area contributed by atoms with E-state index in [9.17, 15) is 0 Å². The summed E-state index contributed by atoms with van der Waals surface area (Å²) in [5.74, 6) is 4.39. The van der Waals surface area contributed by atoms with Crippen molar-refractivity contribution in [3.8, 4) is 23.0 Å². The Labute approximate surface area is 160 Å². The van der Waals surface area contributed by atoms with Crippen LogP contribution in [0.25, 0.3) is 23.1 Å². The number of hydrogen-bond acceptors (Lipinski definition) is 6. The van der Waals surface area contributed by atoms with E-state index in [1.165, 1.54) is 0 Å². The summed E-state index contributed by atoms with van der Waals surface area (Å²) < 4.78 is 18.5. The molecule has 3 aromatic heterocycles. The lowest BCUT2D eigenvalue weighted by molar-refractivity contribution is 0.438. The number of hydrogen-bond donors (Lipinski definition) is 0. The molecule has 1 aromatic carbocycles. The van der Waals surface area contributed by atoms with Crippen LogP contribution in [0, 0.1) is 0 Å². The van der Waals surface area contributed by atoms with Gasteiger partial charge in [-0.25, -0.2) is 9.97 Å². The van der Waals surface area contributed by atoms with Gasteiger partial charge in [-0.3, -0.25) is 4.90 Å². The SMILES string of the molecule is C=Cc1oc2c3c4c(cc2c1C=C)Oc1cccnc1N4c1ncccc1O3. The first-order valence-corrected chi connectivity index (χ1v) is 8.74. The van der Waals surface area contributed by atoms with E-state index in [0.717, 1.165) is 10.9 Å². The van der Waals surface area contributed by atoms with Crippen LogP contribution in [0.15, 0.2) is 60.3 Å². The van der Waals surface area contributed by atoms with Crippen molar-refractivity contribution in [2.45, 2.75) is 0 Å². The highest BCUT2D eigenvalue weighted by atomic mass is 16.5. The molecule has 0 aliphatic carbocycles. The molecule has 0 amide bonds. The molecule has 5 heterocycles. The zero-order chi connectivity index (χ0) is 18.8. The Morgan fingerprint density at radius 3 is 2.29 bits per heavy atom. The highest BCUT2D eigenvalue weighted by molar-refractivity contribution is 6.04. The Balaban J connectivity index is 1.76. The maximum absolute atomic E-state index is 6.24. The molecule has 0 radical (unpaired) electrons. The number of nitrogens with zero attached hydrogens (tertiary/aromatic N) is 3. The molecule has 0 unspecified atom stereocenters. The van der Waals surface area contributed by atoms with E-state index < -0.39 is 0 Å². The van der Waals surface area contributed by atoms with E-state index in [1.807, 2.05) is 35.2 Å². The van der Waals surface area contributed by atoms with Gasteiger partial charge in [0.2, 0.25) is 0 Å². The van der Waals surface area contributed by atoms with Crippen molar-refractivity contribution in [2.75, 3.05) is 4.90 Å². The summed E-state index contributed by atoms with van der Waals surface area (Å²) in [6.07, 6.45) is 6.86. The topological polar surface area (TPSA) is 60.6 Å². The molecule has 6 rings (SSSR count). The first kappa shape index (κ1) is 15.0. The summed E-state index contributed by atoms with van der Waals surface area (Å²) in [5.41, 5.74) is 2.16. The molecule has 0 fully saturated rings. The second-order valence-electron chi connectivity index (χ2n) is 6.41. The number of benzene rings is 1. The Morgan fingerprint density at radius 1 is 0.893 bits per heavy atom. The van der Waals surface area contributed by atoms with Gasteiger partial charge in [0.15, 0.2) is 40.2 Å². The molecule has 4 aromatic rings. The number of furan rings is 1. The summed E-state index contributed by atoms with van der Waals surface area (Å²) in [5, 5.41) is 0.846. The van der Waals surface area contributed by atoms with Crippen LogP contribution in [-0.4, -0.2) is 9.97 Å². The van der Waals surface area contributed by atoms with E-state index in [2.05, 4.69) is 23.1 Å². The lowest BCUT2D eigenvalue weighted by Gasteiger charge is -2.35. The average molecular weight is 367 g/mol. The first-order valence-electron chi connectivity index (χ1n) is 8.74. The fraction of sp³-hybridized carbons (Fsp3) is 0. The van der Waals surface area contributed by atoms with Gasteiger partial charge in [0.1, 0.15) is 11.4 Å². The van der Waals surface area contributed by atoms with Crippen molar-refractivity contribution in [1.29, 1.82) is 0 Å². The van der Waals surface area contributed by atoms with E-state index in [4.69, 9.17) is 13.9 Å². The highest BCUT2D eigenvalue weighted by Crippen LogP contribution is 2.60. The minimum Gasteiger partial charge on any atom is -0.452 e. The van der Waals surface area contributed by atoms with Crippen LogP contribution in [-0.2, 0) is 0 Å². The molecular weight excluding hydrogens is 354 g/mol. The van der Waals surface area contributed by atoms with Crippen molar-refractivity contribution < 1.29 is 13.9 Å². The van der Waals surface area contributed by atoms with Crippen LogP contribution >= 0.6 is 0 Å². The van der Waals surface area contributed by atoms with E-state index in [0.29, 0.717) is 51.7 Å². The third-order valence-electron chi connectivity index (χ3n) is 4.91. The summed E-state index contributed by atoms with van der Waals surface area (Å²) in [7, 11) is 0. The highest BCUT2D eigenvalue weighted by Gasteiger charge is 2.39. The lowest BCUT2D eigenvalue weighted by atomic mass is 10.1. The molecule has 28 heavy (non-hydrogen) atoms. The van der Waals surface area contributed by atoms with Gasteiger partial charge >= 0.3 is 0 Å². The minimum absolute atomic E-state index is 0.556. The largest absolute Gasteiger partial charge is 0.452 e. The van der Waals surface area contributed by atoms with Gasteiger partial charge < -0.3 is 13.9 Å².